The van der Waals surface area contributed by atoms with Crippen LogP contribution in [0, 0.1) is 11.3 Å². The topological polar surface area (TPSA) is 42.0 Å². The van der Waals surface area contributed by atoms with Crippen molar-refractivity contribution in [3.63, 3.8) is 0 Å². The third-order valence-corrected chi connectivity index (χ3v) is 9.31. The first kappa shape index (κ1) is 22.8. The van der Waals surface area contributed by atoms with Crippen molar-refractivity contribution in [2.24, 2.45) is 11.3 Å². The Bertz CT molecular complexity index is 883. The van der Waals surface area contributed by atoms with Crippen LogP contribution < -0.4 is 4.74 Å². The van der Waals surface area contributed by atoms with E-state index < -0.39 is 5.67 Å². The van der Waals surface area contributed by atoms with Gasteiger partial charge in [0.1, 0.15) is 5.75 Å². The Morgan fingerprint density at radius 3 is 2.50 bits per heavy atom. The second kappa shape index (κ2) is 9.09. The first-order valence-corrected chi connectivity index (χ1v) is 13.6. The van der Waals surface area contributed by atoms with Gasteiger partial charge >= 0.3 is 0 Å². The molecule has 0 N–H and O–H groups in total. The number of rotatable bonds is 6. The molecule has 0 aromatic heterocycles. The minimum absolute atomic E-state index is 0.236. The summed E-state index contributed by atoms with van der Waals surface area (Å²) in [6.07, 6.45) is 8.99. The van der Waals surface area contributed by atoms with Gasteiger partial charge in [0, 0.05) is 37.8 Å². The molecule has 5 fully saturated rings. The summed E-state index contributed by atoms with van der Waals surface area (Å²) in [6, 6.07) is 9.28. The van der Waals surface area contributed by atoms with Gasteiger partial charge < -0.3 is 19.3 Å². The summed E-state index contributed by atoms with van der Waals surface area (Å²) in [4.78, 5) is 16.8. The first-order chi connectivity index (χ1) is 16.5. The van der Waals surface area contributed by atoms with Crippen molar-refractivity contribution >= 4 is 5.91 Å². The van der Waals surface area contributed by atoms with Crippen molar-refractivity contribution in [2.75, 3.05) is 46.0 Å². The summed E-state index contributed by atoms with van der Waals surface area (Å²) in [5.74, 6) is 2.01. The van der Waals surface area contributed by atoms with Gasteiger partial charge in [-0.25, -0.2) is 4.39 Å². The first-order valence-electron chi connectivity index (χ1n) is 13.6. The van der Waals surface area contributed by atoms with Crippen LogP contribution in [-0.4, -0.2) is 73.4 Å². The molecule has 186 valence electrons. The summed E-state index contributed by atoms with van der Waals surface area (Å²) in [6.45, 7) is 6.35. The van der Waals surface area contributed by atoms with Gasteiger partial charge in [0.05, 0.1) is 6.61 Å². The number of nitrogens with zero attached hydrogens (tertiary/aromatic N) is 2. The number of likely N-dealkylation sites (tertiary alicyclic amines) is 2. The predicted octanol–water partition coefficient (Wildman–Crippen LogP) is 4.55. The molecule has 3 saturated heterocycles. The molecule has 6 heteroatoms. The Morgan fingerprint density at radius 2 is 1.76 bits per heavy atom. The highest BCUT2D eigenvalue weighted by Crippen LogP contribution is 2.51. The normalized spacial score (nSPS) is 29.2. The number of piperidine rings is 1. The molecule has 1 atom stereocenters. The third-order valence-electron chi connectivity index (χ3n) is 9.31. The number of carbonyl (C=O) groups excluding carboxylic acids is 1. The fraction of sp³-hybridized carbons (Fsp3) is 0.750. The number of para-hydroxylation sites is 1. The van der Waals surface area contributed by atoms with E-state index in [4.69, 9.17) is 9.47 Å². The molecule has 1 aromatic rings. The van der Waals surface area contributed by atoms with Crippen molar-refractivity contribution < 1.29 is 18.7 Å². The summed E-state index contributed by atoms with van der Waals surface area (Å²) in [5.41, 5.74) is 0.129. The van der Waals surface area contributed by atoms with Crippen molar-refractivity contribution in [1.29, 1.82) is 0 Å². The molecule has 34 heavy (non-hydrogen) atoms. The van der Waals surface area contributed by atoms with E-state index in [9.17, 15) is 9.18 Å². The number of ether oxygens (including phenoxy) is 2. The minimum Gasteiger partial charge on any atom is -0.493 e. The lowest BCUT2D eigenvalue weighted by Crippen LogP contribution is -2.60. The SMILES string of the molecule is O=C(N1CC2(CCC(N3CCC(c4ccccc4OCC4CCOCC4)CC3)C2)C1)C1(F)CC1. The van der Waals surface area contributed by atoms with Gasteiger partial charge in [-0.2, -0.15) is 0 Å². The van der Waals surface area contributed by atoms with Crippen molar-refractivity contribution in [3.05, 3.63) is 29.8 Å². The van der Waals surface area contributed by atoms with Gasteiger partial charge in [0.2, 0.25) is 0 Å². The Kier molecular flexibility index (Phi) is 6.09. The number of alkyl halides is 1. The molecular formula is C28H39FN2O3. The molecule has 1 spiro atoms. The van der Waals surface area contributed by atoms with Gasteiger partial charge in [-0.05, 0) is 94.3 Å². The van der Waals surface area contributed by atoms with Crippen LogP contribution >= 0.6 is 0 Å². The molecule has 6 rings (SSSR count). The van der Waals surface area contributed by atoms with Crippen molar-refractivity contribution in [2.45, 2.75) is 75.4 Å². The van der Waals surface area contributed by atoms with Crippen LogP contribution in [0.4, 0.5) is 4.39 Å². The lowest BCUT2D eigenvalue weighted by Gasteiger charge is -2.49. The van der Waals surface area contributed by atoms with Crippen LogP contribution in [0.15, 0.2) is 24.3 Å². The summed E-state index contributed by atoms with van der Waals surface area (Å²) in [5, 5.41) is 0. The smallest absolute Gasteiger partial charge is 0.260 e. The van der Waals surface area contributed by atoms with E-state index in [2.05, 4.69) is 29.2 Å². The molecule has 2 saturated carbocycles. The Morgan fingerprint density at radius 1 is 1.03 bits per heavy atom. The summed E-state index contributed by atoms with van der Waals surface area (Å²) >= 11 is 0. The van der Waals surface area contributed by atoms with E-state index in [1.54, 1.807) is 4.90 Å². The number of amides is 1. The number of hydrogen-bond acceptors (Lipinski definition) is 4. The zero-order chi connectivity index (χ0) is 23.2. The van der Waals surface area contributed by atoms with E-state index in [1.807, 2.05) is 0 Å². The Hall–Kier alpha value is -1.66. The maximum absolute atomic E-state index is 14.1. The van der Waals surface area contributed by atoms with E-state index in [0.29, 0.717) is 30.7 Å². The number of halogens is 1. The molecule has 1 aromatic carbocycles. The number of benzene rings is 1. The van der Waals surface area contributed by atoms with Gasteiger partial charge in [-0.1, -0.05) is 18.2 Å². The second-order valence-corrected chi connectivity index (χ2v) is 11.7. The monoisotopic (exact) mass is 470 g/mol. The zero-order valence-electron chi connectivity index (χ0n) is 20.4. The van der Waals surface area contributed by atoms with E-state index in [-0.39, 0.29) is 11.3 Å². The van der Waals surface area contributed by atoms with Gasteiger partial charge in [0.25, 0.3) is 5.91 Å². The molecule has 3 aliphatic heterocycles. The maximum Gasteiger partial charge on any atom is 0.260 e. The quantitative estimate of drug-likeness (QED) is 0.612. The third kappa shape index (κ3) is 4.48. The average Bonchev–Trinajstić information content (AvgIpc) is 3.45. The van der Waals surface area contributed by atoms with Crippen LogP contribution in [0.3, 0.4) is 0 Å². The minimum atomic E-state index is -1.51. The number of hydrogen-bond donors (Lipinski definition) is 0. The van der Waals surface area contributed by atoms with Crippen molar-refractivity contribution in [3.8, 4) is 5.75 Å². The molecule has 0 radical (unpaired) electrons. The second-order valence-electron chi connectivity index (χ2n) is 11.7. The fourth-order valence-corrected chi connectivity index (χ4v) is 6.94. The highest BCUT2D eigenvalue weighted by Gasteiger charge is 2.58. The summed E-state index contributed by atoms with van der Waals surface area (Å²) < 4.78 is 26.0. The van der Waals surface area contributed by atoms with E-state index in [0.717, 1.165) is 64.6 Å². The summed E-state index contributed by atoms with van der Waals surface area (Å²) in [7, 11) is 0. The lowest BCUT2D eigenvalue weighted by atomic mass is 9.77. The van der Waals surface area contributed by atoms with Gasteiger partial charge in [0.15, 0.2) is 5.67 Å². The van der Waals surface area contributed by atoms with Crippen LogP contribution in [0.5, 0.6) is 5.75 Å². The maximum atomic E-state index is 14.1. The molecule has 5 nitrogen and oxygen atoms in total. The van der Waals surface area contributed by atoms with E-state index >= 15 is 0 Å². The zero-order valence-corrected chi connectivity index (χ0v) is 20.4. The van der Waals surface area contributed by atoms with Crippen LogP contribution in [0.25, 0.3) is 0 Å². The molecule has 1 unspecified atom stereocenters. The standard InChI is InChI=1S/C28H39FN2O3/c29-28(11-12-28)26(32)31-19-27(20-31)10-5-23(17-27)30-13-6-22(7-14-30)24-3-1-2-4-25(24)34-18-21-8-15-33-16-9-21/h1-4,21-23H,5-20H2. The number of carbonyl (C=O) groups is 1. The molecule has 1 amide bonds. The Balaban J connectivity index is 0.996. The van der Waals surface area contributed by atoms with Gasteiger partial charge in [-0.15, -0.1) is 0 Å². The van der Waals surface area contributed by atoms with Crippen LogP contribution in [-0.2, 0) is 9.53 Å². The Labute approximate surface area is 203 Å². The van der Waals surface area contributed by atoms with Crippen molar-refractivity contribution in [1.82, 2.24) is 9.80 Å². The molecule has 3 heterocycles. The largest absolute Gasteiger partial charge is 0.493 e. The molecule has 0 bridgehead atoms. The average molecular weight is 471 g/mol. The molecule has 5 aliphatic rings. The fourth-order valence-electron chi connectivity index (χ4n) is 6.94. The van der Waals surface area contributed by atoms with Gasteiger partial charge in [-0.3, -0.25) is 4.79 Å². The highest BCUT2D eigenvalue weighted by atomic mass is 19.1. The van der Waals surface area contributed by atoms with Crippen LogP contribution in [0.2, 0.25) is 0 Å². The molecule has 2 aliphatic carbocycles. The predicted molar refractivity (Wildman–Crippen MR) is 129 cm³/mol. The van der Waals surface area contributed by atoms with Crippen LogP contribution in [0.1, 0.15) is 69.3 Å². The molecular weight excluding hydrogens is 431 g/mol. The lowest BCUT2D eigenvalue weighted by molar-refractivity contribution is -0.150. The highest BCUT2D eigenvalue weighted by molar-refractivity contribution is 5.88. The van der Waals surface area contributed by atoms with E-state index in [1.165, 1.54) is 37.7 Å².